The molecule has 1 aliphatic heterocycles. The Morgan fingerprint density at radius 1 is 1.29 bits per heavy atom. The summed E-state index contributed by atoms with van der Waals surface area (Å²) < 4.78 is 1.13. The lowest BCUT2D eigenvalue weighted by molar-refractivity contribution is 0.700. The molecule has 5 heteroatoms. The largest absolute Gasteiger partial charge is 0.356 e. The van der Waals surface area contributed by atoms with Crippen molar-refractivity contribution in [1.29, 1.82) is 0 Å². The molecule has 1 aromatic rings. The van der Waals surface area contributed by atoms with Gasteiger partial charge in [-0.05, 0) is 30.5 Å². The Kier molecular flexibility index (Phi) is 6.87. The van der Waals surface area contributed by atoms with Gasteiger partial charge in [-0.1, -0.05) is 28.1 Å². The molecule has 94 valence electrons. The molecule has 0 amide bonds. The monoisotopic (exact) mass is 409 g/mol. The normalized spacial score (nSPS) is 14.3. The zero-order valence-corrected chi connectivity index (χ0v) is 13.5. The van der Waals surface area contributed by atoms with Crippen LogP contribution >= 0.6 is 39.9 Å². The van der Waals surface area contributed by atoms with E-state index in [4.69, 9.17) is 0 Å². The van der Waals surface area contributed by atoms with Crippen LogP contribution in [-0.4, -0.2) is 25.6 Å². The van der Waals surface area contributed by atoms with Gasteiger partial charge in [0.2, 0.25) is 0 Å². The van der Waals surface area contributed by atoms with Crippen LogP contribution in [-0.2, 0) is 6.42 Å². The van der Waals surface area contributed by atoms with Gasteiger partial charge in [0.05, 0.1) is 0 Å². The molecule has 0 fully saturated rings. The average Bonchev–Trinajstić information content (AvgIpc) is 2.33. The molecule has 0 unspecified atom stereocenters. The molecule has 0 saturated heterocycles. The highest BCUT2D eigenvalue weighted by atomic mass is 127. The van der Waals surface area contributed by atoms with Crippen LogP contribution in [0.2, 0.25) is 0 Å². The number of aliphatic imine (C=N–C) groups is 1. The summed E-state index contributed by atoms with van der Waals surface area (Å²) in [6, 6.07) is 8.43. The van der Waals surface area contributed by atoms with E-state index in [0.717, 1.165) is 42.9 Å². The molecule has 3 nitrogen and oxygen atoms in total. The first-order valence-corrected chi connectivity index (χ1v) is 6.40. The van der Waals surface area contributed by atoms with E-state index in [1.807, 2.05) is 0 Å². The van der Waals surface area contributed by atoms with E-state index < -0.39 is 0 Å². The molecular weight excluding hydrogens is 393 g/mol. The SMILES string of the molecule is Brc1ccc(CCNC2=NCCCN2)cc1.I. The number of benzene rings is 1. The minimum atomic E-state index is 0. The van der Waals surface area contributed by atoms with E-state index in [-0.39, 0.29) is 24.0 Å². The fraction of sp³-hybridized carbons (Fsp3) is 0.417. The number of nitrogens with one attached hydrogen (secondary N) is 2. The Morgan fingerprint density at radius 2 is 2.06 bits per heavy atom. The van der Waals surface area contributed by atoms with Gasteiger partial charge >= 0.3 is 0 Å². The van der Waals surface area contributed by atoms with E-state index in [2.05, 4.69) is 55.8 Å². The van der Waals surface area contributed by atoms with Gasteiger partial charge in [0.1, 0.15) is 0 Å². The third-order valence-corrected chi connectivity index (χ3v) is 3.05. The van der Waals surface area contributed by atoms with Crippen LogP contribution in [0.1, 0.15) is 12.0 Å². The Hall–Kier alpha value is -0.300. The molecule has 1 aromatic carbocycles. The zero-order chi connectivity index (χ0) is 11.2. The van der Waals surface area contributed by atoms with E-state index in [9.17, 15) is 0 Å². The van der Waals surface area contributed by atoms with Gasteiger partial charge in [0.15, 0.2) is 5.96 Å². The first-order chi connectivity index (χ1) is 7.84. The van der Waals surface area contributed by atoms with Crippen LogP contribution in [0.15, 0.2) is 33.7 Å². The number of hydrogen-bond acceptors (Lipinski definition) is 3. The second kappa shape index (κ2) is 7.92. The van der Waals surface area contributed by atoms with Crippen molar-refractivity contribution in [3.05, 3.63) is 34.3 Å². The molecule has 0 atom stereocenters. The summed E-state index contributed by atoms with van der Waals surface area (Å²) in [4.78, 5) is 4.36. The maximum atomic E-state index is 4.36. The minimum absolute atomic E-state index is 0. The fourth-order valence-electron chi connectivity index (χ4n) is 1.63. The minimum Gasteiger partial charge on any atom is -0.356 e. The van der Waals surface area contributed by atoms with Gasteiger partial charge in [0, 0.05) is 24.1 Å². The fourth-order valence-corrected chi connectivity index (χ4v) is 1.89. The van der Waals surface area contributed by atoms with Gasteiger partial charge in [-0.2, -0.15) is 0 Å². The molecule has 0 saturated carbocycles. The maximum Gasteiger partial charge on any atom is 0.191 e. The maximum absolute atomic E-state index is 4.36. The van der Waals surface area contributed by atoms with E-state index in [1.54, 1.807) is 0 Å². The molecule has 0 spiro atoms. The first-order valence-electron chi connectivity index (χ1n) is 5.61. The van der Waals surface area contributed by atoms with Crippen molar-refractivity contribution in [2.24, 2.45) is 4.99 Å². The summed E-state index contributed by atoms with van der Waals surface area (Å²) in [5.41, 5.74) is 1.34. The molecule has 2 N–H and O–H groups in total. The van der Waals surface area contributed by atoms with Crippen molar-refractivity contribution in [1.82, 2.24) is 10.6 Å². The molecule has 17 heavy (non-hydrogen) atoms. The van der Waals surface area contributed by atoms with E-state index in [0.29, 0.717) is 0 Å². The Morgan fingerprint density at radius 3 is 2.71 bits per heavy atom. The topological polar surface area (TPSA) is 36.4 Å². The highest BCUT2D eigenvalue weighted by molar-refractivity contribution is 14.0. The van der Waals surface area contributed by atoms with Crippen molar-refractivity contribution in [2.75, 3.05) is 19.6 Å². The van der Waals surface area contributed by atoms with Crippen molar-refractivity contribution in [2.45, 2.75) is 12.8 Å². The number of nitrogens with zero attached hydrogens (tertiary/aromatic N) is 1. The number of hydrogen-bond donors (Lipinski definition) is 2. The highest BCUT2D eigenvalue weighted by Gasteiger charge is 2.02. The first kappa shape index (κ1) is 14.8. The average molecular weight is 410 g/mol. The summed E-state index contributed by atoms with van der Waals surface area (Å²) in [5, 5.41) is 6.56. The van der Waals surface area contributed by atoms with E-state index in [1.165, 1.54) is 5.56 Å². The molecule has 0 radical (unpaired) electrons. The Labute approximate surface area is 128 Å². The molecule has 0 aliphatic carbocycles. The van der Waals surface area contributed by atoms with Gasteiger partial charge in [-0.3, -0.25) is 4.99 Å². The second-order valence-corrected chi connectivity index (χ2v) is 4.73. The number of guanidine groups is 1. The quantitative estimate of drug-likeness (QED) is 0.752. The van der Waals surface area contributed by atoms with Crippen LogP contribution < -0.4 is 10.6 Å². The molecule has 0 bridgehead atoms. The summed E-state index contributed by atoms with van der Waals surface area (Å²) in [6.07, 6.45) is 2.16. The summed E-state index contributed by atoms with van der Waals surface area (Å²) in [7, 11) is 0. The Balaban J connectivity index is 0.00000144. The van der Waals surface area contributed by atoms with Crippen molar-refractivity contribution >= 4 is 45.9 Å². The van der Waals surface area contributed by atoms with Crippen LogP contribution in [0.3, 0.4) is 0 Å². The van der Waals surface area contributed by atoms with E-state index >= 15 is 0 Å². The summed E-state index contributed by atoms with van der Waals surface area (Å²) in [6.45, 7) is 2.89. The third kappa shape index (κ3) is 5.25. The molecule has 0 aromatic heterocycles. The molecular formula is C12H17BrIN3. The lowest BCUT2D eigenvalue weighted by Crippen LogP contribution is -2.41. The van der Waals surface area contributed by atoms with Gasteiger partial charge in [-0.25, -0.2) is 0 Å². The standard InChI is InChI=1S/C12H16BrN3.HI/c13-11-4-2-10(3-5-11)6-9-16-12-14-7-1-8-15-12;/h2-5H,1,6-9H2,(H2,14,15,16);1H. The second-order valence-electron chi connectivity index (χ2n) is 3.81. The highest BCUT2D eigenvalue weighted by Crippen LogP contribution is 2.10. The van der Waals surface area contributed by atoms with Gasteiger partial charge in [-0.15, -0.1) is 24.0 Å². The van der Waals surface area contributed by atoms with Crippen LogP contribution in [0.5, 0.6) is 0 Å². The van der Waals surface area contributed by atoms with Crippen LogP contribution in [0, 0.1) is 0 Å². The summed E-state index contributed by atoms with van der Waals surface area (Å²) >= 11 is 3.43. The zero-order valence-electron chi connectivity index (χ0n) is 9.58. The predicted molar refractivity (Wildman–Crippen MR) is 86.2 cm³/mol. The van der Waals surface area contributed by atoms with Crippen LogP contribution in [0.25, 0.3) is 0 Å². The smallest absolute Gasteiger partial charge is 0.191 e. The number of rotatable bonds is 3. The molecule has 1 heterocycles. The lowest BCUT2D eigenvalue weighted by atomic mass is 10.1. The van der Waals surface area contributed by atoms with Crippen molar-refractivity contribution < 1.29 is 0 Å². The molecule has 1 aliphatic rings. The van der Waals surface area contributed by atoms with Crippen molar-refractivity contribution in [3.63, 3.8) is 0 Å². The van der Waals surface area contributed by atoms with Crippen LogP contribution in [0.4, 0.5) is 0 Å². The summed E-state index contributed by atoms with van der Waals surface area (Å²) in [5.74, 6) is 0.948. The molecule has 2 rings (SSSR count). The van der Waals surface area contributed by atoms with Gasteiger partial charge < -0.3 is 10.6 Å². The Bertz CT molecular complexity index is 365. The van der Waals surface area contributed by atoms with Gasteiger partial charge in [0.25, 0.3) is 0 Å². The predicted octanol–water partition coefficient (Wildman–Crippen LogP) is 2.55. The van der Waals surface area contributed by atoms with Crippen molar-refractivity contribution in [3.8, 4) is 0 Å². The number of halogens is 2. The lowest BCUT2D eigenvalue weighted by Gasteiger charge is -2.15. The third-order valence-electron chi connectivity index (χ3n) is 2.52.